The predicted octanol–water partition coefficient (Wildman–Crippen LogP) is 2.15. The summed E-state index contributed by atoms with van der Waals surface area (Å²) in [4.78, 5) is 0. The number of rotatable bonds is 0. The van der Waals surface area contributed by atoms with E-state index < -0.39 is 0 Å². The summed E-state index contributed by atoms with van der Waals surface area (Å²) in [5.41, 5.74) is 0.365. The minimum absolute atomic E-state index is 0.182. The van der Waals surface area contributed by atoms with Crippen LogP contribution in [0.5, 0.6) is 0 Å². The zero-order valence-electron chi connectivity index (χ0n) is 7.44. The zero-order chi connectivity index (χ0) is 7.83. The van der Waals surface area contributed by atoms with Gasteiger partial charge in [0.1, 0.15) is 0 Å². The lowest BCUT2D eigenvalue weighted by Gasteiger charge is -2.40. The van der Waals surface area contributed by atoms with Gasteiger partial charge in [0.2, 0.25) is 0 Å². The minimum Gasteiger partial charge on any atom is -0.230 e. The third-order valence-corrected chi connectivity index (χ3v) is 1.89. The van der Waals surface area contributed by atoms with Gasteiger partial charge in [-0.15, -0.1) is 0 Å². The molecule has 0 bridgehead atoms. The van der Waals surface area contributed by atoms with Crippen molar-refractivity contribution in [2.45, 2.75) is 51.6 Å². The average Bonchev–Trinajstić information content (AvgIpc) is 1.56. The van der Waals surface area contributed by atoms with Crippen molar-refractivity contribution in [3.63, 3.8) is 0 Å². The van der Waals surface area contributed by atoms with Crippen LogP contribution in [0.1, 0.15) is 40.5 Å². The van der Waals surface area contributed by atoms with E-state index in [4.69, 9.17) is 5.32 Å². The van der Waals surface area contributed by atoms with E-state index in [0.29, 0.717) is 0 Å². The van der Waals surface area contributed by atoms with E-state index in [-0.39, 0.29) is 11.1 Å². The maximum Gasteiger partial charge on any atom is 0.0309 e. The molecule has 1 heteroatoms. The summed E-state index contributed by atoms with van der Waals surface area (Å²) < 4.78 is 0. The lowest BCUT2D eigenvalue weighted by Crippen LogP contribution is -2.49. The maximum atomic E-state index is 4.72. The molecule has 0 atom stereocenters. The molecule has 0 spiro atoms. The fourth-order valence-electron chi connectivity index (χ4n) is 1.69. The van der Waals surface area contributed by atoms with Crippen molar-refractivity contribution in [2.75, 3.05) is 0 Å². The smallest absolute Gasteiger partial charge is 0.0309 e. The molecule has 1 saturated heterocycles. The highest BCUT2D eigenvalue weighted by Gasteiger charge is 2.33. The first-order chi connectivity index (χ1) is 4.41. The van der Waals surface area contributed by atoms with Crippen molar-refractivity contribution < 1.29 is 0 Å². The number of hydrogen-bond acceptors (Lipinski definition) is 0. The Balaban J connectivity index is 2.56. The third-order valence-electron chi connectivity index (χ3n) is 1.89. The highest BCUT2D eigenvalue weighted by Crippen LogP contribution is 2.28. The zero-order valence-corrected chi connectivity index (χ0v) is 7.44. The van der Waals surface area contributed by atoms with Gasteiger partial charge in [-0.1, -0.05) is 0 Å². The molecule has 0 amide bonds. The Hall–Kier alpha value is -0.0400. The summed E-state index contributed by atoms with van der Waals surface area (Å²) >= 11 is 0. The van der Waals surface area contributed by atoms with E-state index >= 15 is 0 Å². The first kappa shape index (κ1) is 8.06. The minimum atomic E-state index is 0.182. The first-order valence-corrected chi connectivity index (χ1v) is 3.97. The van der Waals surface area contributed by atoms with Crippen LogP contribution in [0, 0.1) is 6.42 Å². The fourth-order valence-corrected chi connectivity index (χ4v) is 1.69. The molecule has 0 aromatic heterocycles. The summed E-state index contributed by atoms with van der Waals surface area (Å²) in [6.45, 7) is 8.80. The molecular formula is C9H17N. The fraction of sp³-hybridized carbons (Fsp3) is 0.889. The van der Waals surface area contributed by atoms with Crippen molar-refractivity contribution in [2.24, 2.45) is 0 Å². The van der Waals surface area contributed by atoms with E-state index in [1.165, 1.54) is 0 Å². The summed E-state index contributed by atoms with van der Waals surface area (Å²) in [6.07, 6.45) is 4.62. The molecule has 2 radical (unpaired) electrons. The number of piperidine rings is 1. The van der Waals surface area contributed by atoms with Crippen LogP contribution in [0.4, 0.5) is 0 Å². The molecule has 1 fully saturated rings. The van der Waals surface area contributed by atoms with Crippen LogP contribution in [0.15, 0.2) is 0 Å². The molecule has 1 aliphatic rings. The SMILES string of the molecule is CC1(C)C[CH]CC(C)(C)[N]1. The molecule has 1 aliphatic heterocycles. The molecule has 1 nitrogen and oxygen atoms in total. The van der Waals surface area contributed by atoms with Crippen molar-refractivity contribution >= 4 is 0 Å². The van der Waals surface area contributed by atoms with E-state index in [1.54, 1.807) is 0 Å². The molecule has 0 aromatic carbocycles. The Morgan fingerprint density at radius 3 is 1.60 bits per heavy atom. The van der Waals surface area contributed by atoms with Crippen LogP contribution >= 0.6 is 0 Å². The van der Waals surface area contributed by atoms with Crippen LogP contribution in [0.25, 0.3) is 0 Å². The second kappa shape index (κ2) is 2.23. The van der Waals surface area contributed by atoms with Gasteiger partial charge in [-0.25, -0.2) is 5.32 Å². The molecule has 58 valence electrons. The van der Waals surface area contributed by atoms with Gasteiger partial charge < -0.3 is 0 Å². The number of nitrogens with zero attached hydrogens (tertiary/aromatic N) is 1. The maximum absolute atomic E-state index is 4.72. The molecule has 1 heterocycles. The Labute approximate surface area is 64.2 Å². The monoisotopic (exact) mass is 139 g/mol. The van der Waals surface area contributed by atoms with Crippen molar-refractivity contribution in [1.82, 2.24) is 5.32 Å². The van der Waals surface area contributed by atoms with Crippen LogP contribution in [0.2, 0.25) is 0 Å². The Morgan fingerprint density at radius 1 is 1.00 bits per heavy atom. The lowest BCUT2D eigenvalue weighted by molar-refractivity contribution is 0.211. The van der Waals surface area contributed by atoms with Crippen molar-refractivity contribution in [1.29, 1.82) is 0 Å². The van der Waals surface area contributed by atoms with Gasteiger partial charge in [-0.05, 0) is 47.0 Å². The van der Waals surface area contributed by atoms with Crippen LogP contribution in [-0.4, -0.2) is 11.1 Å². The third kappa shape index (κ3) is 1.98. The van der Waals surface area contributed by atoms with Gasteiger partial charge >= 0.3 is 0 Å². The van der Waals surface area contributed by atoms with Crippen molar-refractivity contribution in [3.8, 4) is 0 Å². The Bertz CT molecular complexity index is 111. The molecule has 0 aliphatic carbocycles. The van der Waals surface area contributed by atoms with Gasteiger partial charge in [0.05, 0.1) is 0 Å². The largest absolute Gasteiger partial charge is 0.230 e. The second-order valence-corrected chi connectivity index (χ2v) is 4.43. The van der Waals surface area contributed by atoms with Gasteiger partial charge in [-0.2, -0.15) is 0 Å². The molecule has 0 saturated carbocycles. The summed E-state index contributed by atoms with van der Waals surface area (Å²) in [7, 11) is 0. The van der Waals surface area contributed by atoms with E-state index in [1.807, 2.05) is 0 Å². The summed E-state index contributed by atoms with van der Waals surface area (Å²) in [5.74, 6) is 0. The summed E-state index contributed by atoms with van der Waals surface area (Å²) in [5, 5.41) is 4.72. The molecular weight excluding hydrogens is 122 g/mol. The quantitative estimate of drug-likeness (QED) is 0.488. The predicted molar refractivity (Wildman–Crippen MR) is 43.8 cm³/mol. The van der Waals surface area contributed by atoms with Crippen molar-refractivity contribution in [3.05, 3.63) is 6.42 Å². The van der Waals surface area contributed by atoms with Gasteiger partial charge in [0.15, 0.2) is 0 Å². The highest BCUT2D eigenvalue weighted by molar-refractivity contribution is 4.99. The first-order valence-electron chi connectivity index (χ1n) is 3.97. The Morgan fingerprint density at radius 2 is 1.40 bits per heavy atom. The molecule has 0 unspecified atom stereocenters. The highest BCUT2D eigenvalue weighted by atomic mass is 15.0. The van der Waals surface area contributed by atoms with Crippen LogP contribution < -0.4 is 5.32 Å². The normalized spacial score (nSPS) is 30.0. The lowest BCUT2D eigenvalue weighted by atomic mass is 9.83. The van der Waals surface area contributed by atoms with E-state index in [0.717, 1.165) is 12.8 Å². The average molecular weight is 139 g/mol. The van der Waals surface area contributed by atoms with E-state index in [9.17, 15) is 0 Å². The molecule has 0 N–H and O–H groups in total. The van der Waals surface area contributed by atoms with Gasteiger partial charge in [0, 0.05) is 11.1 Å². The van der Waals surface area contributed by atoms with Crippen LogP contribution in [-0.2, 0) is 0 Å². The molecule has 10 heavy (non-hydrogen) atoms. The standard InChI is InChI=1S/C9H17N/c1-8(2)6-5-7-9(3,4)10-8/h5H,6-7H2,1-4H3. The van der Waals surface area contributed by atoms with E-state index in [2.05, 4.69) is 34.1 Å². The number of hydrogen-bond donors (Lipinski definition) is 0. The van der Waals surface area contributed by atoms with Crippen LogP contribution in [0.3, 0.4) is 0 Å². The topological polar surface area (TPSA) is 14.1 Å². The molecule has 1 rings (SSSR count). The second-order valence-electron chi connectivity index (χ2n) is 4.43. The van der Waals surface area contributed by atoms with Gasteiger partial charge in [0.25, 0.3) is 0 Å². The Kier molecular flexibility index (Phi) is 1.80. The van der Waals surface area contributed by atoms with Gasteiger partial charge in [-0.3, -0.25) is 0 Å². The summed E-state index contributed by atoms with van der Waals surface area (Å²) in [6, 6.07) is 0. The molecule has 0 aromatic rings.